The van der Waals surface area contributed by atoms with Gasteiger partial charge in [-0.1, -0.05) is 12.1 Å². The Kier molecular flexibility index (Phi) is 3.56. The summed E-state index contributed by atoms with van der Waals surface area (Å²) < 4.78 is 2.09. The summed E-state index contributed by atoms with van der Waals surface area (Å²) in [5.74, 6) is 0. The molecule has 3 aromatic rings. The van der Waals surface area contributed by atoms with Gasteiger partial charge in [0.05, 0.1) is 23.0 Å². The van der Waals surface area contributed by atoms with E-state index < -0.39 is 0 Å². The van der Waals surface area contributed by atoms with Gasteiger partial charge in [0.2, 0.25) is 0 Å². The Bertz CT molecular complexity index is 884. The van der Waals surface area contributed by atoms with Crippen LogP contribution in [0.1, 0.15) is 28.1 Å². The maximum Gasteiger partial charge on any atom is 0.160 e. The third-order valence-corrected chi connectivity index (χ3v) is 4.16. The van der Waals surface area contributed by atoms with Crippen molar-refractivity contribution >= 4 is 11.3 Å². The van der Waals surface area contributed by atoms with Gasteiger partial charge in [-0.25, -0.2) is 4.98 Å². The molecular formula is C18H18N4. The van der Waals surface area contributed by atoms with E-state index in [4.69, 9.17) is 5.26 Å². The van der Waals surface area contributed by atoms with Crippen LogP contribution in [0.4, 0.5) is 5.69 Å². The molecule has 0 amide bonds. The lowest BCUT2D eigenvalue weighted by Crippen LogP contribution is -2.04. The Morgan fingerprint density at radius 1 is 1.18 bits per heavy atom. The Balaban J connectivity index is 1.92. The van der Waals surface area contributed by atoms with Crippen LogP contribution in [0.2, 0.25) is 0 Å². The van der Waals surface area contributed by atoms with Crippen molar-refractivity contribution in [1.82, 2.24) is 9.38 Å². The molecule has 0 saturated carbocycles. The Morgan fingerprint density at radius 3 is 2.77 bits per heavy atom. The van der Waals surface area contributed by atoms with Gasteiger partial charge in [-0.2, -0.15) is 5.26 Å². The van der Waals surface area contributed by atoms with Gasteiger partial charge in [-0.05, 0) is 50.1 Å². The van der Waals surface area contributed by atoms with E-state index in [0.717, 1.165) is 39.4 Å². The van der Waals surface area contributed by atoms with Gasteiger partial charge in [0.1, 0.15) is 0 Å². The SMILES string of the molecule is Cc1nc2c(NCc3cccc(C#N)c3C)cccn2c1C. The minimum Gasteiger partial charge on any atom is -0.378 e. The lowest BCUT2D eigenvalue weighted by molar-refractivity contribution is 1.08. The Hall–Kier alpha value is -2.80. The number of nitrogens with one attached hydrogen (secondary N) is 1. The molecule has 0 saturated heterocycles. The minimum absolute atomic E-state index is 0.673. The Labute approximate surface area is 130 Å². The van der Waals surface area contributed by atoms with E-state index in [0.29, 0.717) is 6.54 Å². The number of nitrogens with zero attached hydrogens (tertiary/aromatic N) is 3. The van der Waals surface area contributed by atoms with Crippen molar-refractivity contribution in [1.29, 1.82) is 5.26 Å². The van der Waals surface area contributed by atoms with Gasteiger partial charge in [0, 0.05) is 18.4 Å². The normalized spacial score (nSPS) is 10.6. The fourth-order valence-electron chi connectivity index (χ4n) is 2.62. The van der Waals surface area contributed by atoms with Gasteiger partial charge in [0.25, 0.3) is 0 Å². The average Bonchev–Trinajstić information content (AvgIpc) is 2.82. The van der Waals surface area contributed by atoms with Crippen molar-refractivity contribution in [3.05, 3.63) is 64.6 Å². The molecule has 0 radical (unpaired) electrons. The van der Waals surface area contributed by atoms with Crippen LogP contribution in [0, 0.1) is 32.1 Å². The molecule has 1 N–H and O–H groups in total. The smallest absolute Gasteiger partial charge is 0.160 e. The zero-order chi connectivity index (χ0) is 15.7. The van der Waals surface area contributed by atoms with E-state index in [1.54, 1.807) is 0 Å². The molecule has 0 aliphatic heterocycles. The molecule has 1 aromatic carbocycles. The summed E-state index contributed by atoms with van der Waals surface area (Å²) in [6.45, 7) is 6.75. The van der Waals surface area contributed by atoms with Crippen LogP contribution in [-0.2, 0) is 6.54 Å². The maximum absolute atomic E-state index is 9.12. The lowest BCUT2D eigenvalue weighted by Gasteiger charge is -2.11. The van der Waals surface area contributed by atoms with Crippen molar-refractivity contribution in [2.24, 2.45) is 0 Å². The zero-order valence-corrected chi connectivity index (χ0v) is 13.0. The molecule has 22 heavy (non-hydrogen) atoms. The second-order valence-electron chi connectivity index (χ2n) is 5.45. The maximum atomic E-state index is 9.12. The average molecular weight is 290 g/mol. The monoisotopic (exact) mass is 290 g/mol. The quantitative estimate of drug-likeness (QED) is 0.799. The summed E-state index contributed by atoms with van der Waals surface area (Å²) in [5, 5.41) is 12.6. The van der Waals surface area contributed by atoms with Gasteiger partial charge in [0.15, 0.2) is 5.65 Å². The molecule has 2 aromatic heterocycles. The van der Waals surface area contributed by atoms with Crippen LogP contribution >= 0.6 is 0 Å². The number of rotatable bonds is 3. The first kappa shape index (κ1) is 14.2. The van der Waals surface area contributed by atoms with Crippen LogP contribution in [-0.4, -0.2) is 9.38 Å². The van der Waals surface area contributed by atoms with Crippen molar-refractivity contribution in [3.63, 3.8) is 0 Å². The zero-order valence-electron chi connectivity index (χ0n) is 13.0. The van der Waals surface area contributed by atoms with Crippen LogP contribution in [0.25, 0.3) is 5.65 Å². The number of aromatic nitrogens is 2. The van der Waals surface area contributed by atoms with Crippen LogP contribution in [0.15, 0.2) is 36.5 Å². The minimum atomic E-state index is 0.673. The molecule has 0 aliphatic carbocycles. The number of benzene rings is 1. The summed E-state index contributed by atoms with van der Waals surface area (Å²) >= 11 is 0. The summed E-state index contributed by atoms with van der Waals surface area (Å²) in [6.07, 6.45) is 2.03. The first-order valence-corrected chi connectivity index (χ1v) is 7.28. The van der Waals surface area contributed by atoms with Gasteiger partial charge >= 0.3 is 0 Å². The summed E-state index contributed by atoms with van der Waals surface area (Å²) in [7, 11) is 0. The second kappa shape index (κ2) is 5.53. The van der Waals surface area contributed by atoms with Gasteiger partial charge in [-0.3, -0.25) is 0 Å². The summed E-state index contributed by atoms with van der Waals surface area (Å²) in [5.41, 5.74) is 7.01. The van der Waals surface area contributed by atoms with Gasteiger partial charge in [-0.15, -0.1) is 0 Å². The highest BCUT2D eigenvalue weighted by atomic mass is 15.0. The molecular weight excluding hydrogens is 272 g/mol. The number of pyridine rings is 1. The highest BCUT2D eigenvalue weighted by molar-refractivity contribution is 5.68. The molecule has 3 rings (SSSR count). The molecule has 0 bridgehead atoms. The van der Waals surface area contributed by atoms with Crippen LogP contribution < -0.4 is 5.32 Å². The summed E-state index contributed by atoms with van der Waals surface area (Å²) in [6, 6.07) is 12.1. The molecule has 110 valence electrons. The molecule has 4 heteroatoms. The van der Waals surface area contributed by atoms with E-state index in [2.05, 4.69) is 27.7 Å². The highest BCUT2D eigenvalue weighted by Crippen LogP contribution is 2.21. The number of fused-ring (bicyclic) bond motifs is 1. The molecule has 0 unspecified atom stereocenters. The first-order chi connectivity index (χ1) is 10.6. The molecule has 0 aliphatic rings. The molecule has 0 fully saturated rings. The van der Waals surface area contributed by atoms with Gasteiger partial charge < -0.3 is 9.72 Å². The van der Waals surface area contributed by atoms with Crippen molar-refractivity contribution in [2.45, 2.75) is 27.3 Å². The Morgan fingerprint density at radius 2 is 2.00 bits per heavy atom. The van der Waals surface area contributed by atoms with Crippen LogP contribution in [0.5, 0.6) is 0 Å². The number of hydrogen-bond acceptors (Lipinski definition) is 3. The predicted molar refractivity (Wildman–Crippen MR) is 87.9 cm³/mol. The van der Waals surface area contributed by atoms with Crippen molar-refractivity contribution in [2.75, 3.05) is 5.32 Å². The highest BCUT2D eigenvalue weighted by Gasteiger charge is 2.09. The van der Waals surface area contributed by atoms with E-state index in [9.17, 15) is 0 Å². The molecule has 0 atom stereocenters. The van der Waals surface area contributed by atoms with E-state index in [1.807, 2.05) is 50.4 Å². The van der Waals surface area contributed by atoms with Crippen molar-refractivity contribution in [3.8, 4) is 6.07 Å². The van der Waals surface area contributed by atoms with E-state index >= 15 is 0 Å². The number of hydrogen-bond donors (Lipinski definition) is 1. The first-order valence-electron chi connectivity index (χ1n) is 7.28. The molecule has 4 nitrogen and oxygen atoms in total. The predicted octanol–water partition coefficient (Wildman–Crippen LogP) is 3.74. The van der Waals surface area contributed by atoms with E-state index in [-0.39, 0.29) is 0 Å². The standard InChI is InChI=1S/C18H18N4/c1-12-15(10-19)6-4-7-16(12)11-20-17-8-5-9-22-14(3)13(2)21-18(17)22/h4-9,20H,11H2,1-3H3. The summed E-state index contributed by atoms with van der Waals surface area (Å²) in [4.78, 5) is 4.63. The lowest BCUT2D eigenvalue weighted by atomic mass is 10.0. The molecule has 0 spiro atoms. The van der Waals surface area contributed by atoms with Crippen molar-refractivity contribution < 1.29 is 0 Å². The fraction of sp³-hybridized carbons (Fsp3) is 0.222. The second-order valence-corrected chi connectivity index (χ2v) is 5.45. The molecule has 2 heterocycles. The number of anilines is 1. The number of nitriles is 1. The fourth-order valence-corrected chi connectivity index (χ4v) is 2.62. The third-order valence-electron chi connectivity index (χ3n) is 4.16. The topological polar surface area (TPSA) is 53.1 Å². The largest absolute Gasteiger partial charge is 0.378 e. The third kappa shape index (κ3) is 2.31. The number of imidazole rings is 1. The van der Waals surface area contributed by atoms with E-state index in [1.165, 1.54) is 0 Å². The number of aryl methyl sites for hydroxylation is 2. The van der Waals surface area contributed by atoms with Crippen LogP contribution in [0.3, 0.4) is 0 Å².